The van der Waals surface area contributed by atoms with E-state index < -0.39 is 0 Å². The van der Waals surface area contributed by atoms with Crippen LogP contribution in [0.5, 0.6) is 0 Å². The molecule has 1 aliphatic rings. The Morgan fingerprint density at radius 3 is 1.36 bits per heavy atom. The summed E-state index contributed by atoms with van der Waals surface area (Å²) in [5.74, 6) is 0.0391. The van der Waals surface area contributed by atoms with Gasteiger partial charge in [0.2, 0.25) is 0 Å². The van der Waals surface area contributed by atoms with Gasteiger partial charge in [-0.05, 0) is 14.1 Å². The molecule has 0 unspecified atom stereocenters. The van der Waals surface area contributed by atoms with Crippen LogP contribution in [0.4, 0.5) is 0 Å². The van der Waals surface area contributed by atoms with Crippen molar-refractivity contribution in [3.63, 3.8) is 0 Å². The predicted molar refractivity (Wildman–Crippen MR) is 109 cm³/mol. The number of carbonyl (C=O) groups is 3. The van der Waals surface area contributed by atoms with E-state index in [9.17, 15) is 14.4 Å². The van der Waals surface area contributed by atoms with E-state index in [2.05, 4.69) is 0 Å². The molecule has 4 nitrogen and oxygen atoms in total. The standard InChI is InChI=1S/C14H8O2.C10H13NO/c15-13-9-5-1-2-6-10(9)14(16)12-8-4-3-7-11(12)13;1-11(2)8-10(12)9-6-4-3-5-7-9/h1-8H;3-7H,8H2,1-2H3. The van der Waals surface area contributed by atoms with E-state index in [-0.39, 0.29) is 17.3 Å². The van der Waals surface area contributed by atoms with E-state index in [0.717, 1.165) is 5.56 Å². The number of nitrogens with zero attached hydrogens (tertiary/aromatic N) is 1. The van der Waals surface area contributed by atoms with Crippen LogP contribution in [0.1, 0.15) is 42.2 Å². The Kier molecular flexibility index (Phi) is 5.92. The lowest BCUT2D eigenvalue weighted by Crippen LogP contribution is -2.21. The third kappa shape index (κ3) is 4.13. The molecule has 0 saturated heterocycles. The first-order chi connectivity index (χ1) is 13.5. The molecule has 140 valence electrons. The summed E-state index contributed by atoms with van der Waals surface area (Å²) in [4.78, 5) is 37.5. The molecule has 0 aliphatic heterocycles. The lowest BCUT2D eigenvalue weighted by atomic mass is 9.84. The third-order valence-corrected chi connectivity index (χ3v) is 4.39. The highest BCUT2D eigenvalue weighted by molar-refractivity contribution is 6.28. The number of carbonyl (C=O) groups excluding carboxylic acids is 3. The molecule has 4 rings (SSSR count). The summed E-state index contributed by atoms with van der Waals surface area (Å²) in [5.41, 5.74) is 2.81. The first-order valence-electron chi connectivity index (χ1n) is 8.99. The van der Waals surface area contributed by atoms with E-state index in [1.54, 1.807) is 48.5 Å². The summed E-state index contributed by atoms with van der Waals surface area (Å²) in [5, 5.41) is 0. The number of fused-ring (bicyclic) bond motifs is 2. The zero-order valence-electron chi connectivity index (χ0n) is 15.9. The molecular weight excluding hydrogens is 350 g/mol. The van der Waals surface area contributed by atoms with Crippen LogP contribution in [0.3, 0.4) is 0 Å². The van der Waals surface area contributed by atoms with Crippen LogP contribution in [-0.4, -0.2) is 42.9 Å². The number of rotatable bonds is 3. The number of hydrogen-bond acceptors (Lipinski definition) is 4. The maximum atomic E-state index is 12.1. The number of likely N-dealkylation sites (N-methyl/N-ethyl adjacent to an activating group) is 1. The van der Waals surface area contributed by atoms with E-state index in [4.69, 9.17) is 0 Å². The molecule has 0 radical (unpaired) electrons. The highest BCUT2D eigenvalue weighted by atomic mass is 16.1. The molecule has 0 spiro atoms. The highest BCUT2D eigenvalue weighted by Crippen LogP contribution is 2.26. The molecule has 0 fully saturated rings. The second kappa shape index (κ2) is 8.55. The van der Waals surface area contributed by atoms with Crippen LogP contribution in [-0.2, 0) is 0 Å². The number of ketones is 3. The van der Waals surface area contributed by atoms with Crippen LogP contribution >= 0.6 is 0 Å². The molecule has 1 aliphatic carbocycles. The van der Waals surface area contributed by atoms with Gasteiger partial charge in [-0.2, -0.15) is 0 Å². The minimum absolute atomic E-state index is 0.0641. The first-order valence-corrected chi connectivity index (χ1v) is 8.99. The predicted octanol–water partition coefficient (Wildman–Crippen LogP) is 3.89. The molecular formula is C24H21NO3. The fraction of sp³-hybridized carbons (Fsp3) is 0.125. The van der Waals surface area contributed by atoms with Crippen LogP contribution in [0.2, 0.25) is 0 Å². The summed E-state index contributed by atoms with van der Waals surface area (Å²) in [6.07, 6.45) is 0. The van der Waals surface area contributed by atoms with Crippen molar-refractivity contribution in [3.05, 3.63) is 107 Å². The van der Waals surface area contributed by atoms with Crippen molar-refractivity contribution >= 4 is 17.3 Å². The number of Topliss-reactive ketones (excluding diaryl/α,β-unsaturated/α-hetero) is 1. The highest BCUT2D eigenvalue weighted by Gasteiger charge is 2.28. The van der Waals surface area contributed by atoms with Crippen LogP contribution in [0, 0.1) is 0 Å². The molecule has 28 heavy (non-hydrogen) atoms. The normalized spacial score (nSPS) is 12.0. The van der Waals surface area contributed by atoms with E-state index in [0.29, 0.717) is 28.8 Å². The monoisotopic (exact) mass is 371 g/mol. The van der Waals surface area contributed by atoms with Gasteiger partial charge in [-0.25, -0.2) is 0 Å². The zero-order chi connectivity index (χ0) is 20.1. The number of hydrogen-bond donors (Lipinski definition) is 0. The van der Waals surface area contributed by atoms with Crippen molar-refractivity contribution in [1.29, 1.82) is 0 Å². The summed E-state index contributed by atoms with van der Waals surface area (Å²) in [6, 6.07) is 23.2. The van der Waals surface area contributed by atoms with Crippen LogP contribution in [0.15, 0.2) is 78.9 Å². The van der Waals surface area contributed by atoms with Crippen molar-refractivity contribution in [2.75, 3.05) is 20.6 Å². The Bertz CT molecular complexity index is 917. The first kappa shape index (κ1) is 19.4. The van der Waals surface area contributed by atoms with Gasteiger partial charge in [-0.1, -0.05) is 78.9 Å². The molecule has 0 N–H and O–H groups in total. The summed E-state index contributed by atoms with van der Waals surface area (Å²) < 4.78 is 0. The lowest BCUT2D eigenvalue weighted by molar-refractivity contribution is 0.0957. The maximum absolute atomic E-state index is 12.1. The SMILES string of the molecule is CN(C)CC(=O)c1ccccc1.O=C1c2ccccc2C(=O)c2ccccc21. The lowest BCUT2D eigenvalue weighted by Gasteiger charge is -2.16. The van der Waals surface area contributed by atoms with Gasteiger partial charge in [0.1, 0.15) is 0 Å². The molecule has 0 aromatic heterocycles. The summed E-state index contributed by atoms with van der Waals surface area (Å²) >= 11 is 0. The summed E-state index contributed by atoms with van der Waals surface area (Å²) in [6.45, 7) is 0.476. The van der Waals surface area contributed by atoms with Gasteiger partial charge in [0.15, 0.2) is 17.3 Å². The molecule has 3 aromatic rings. The van der Waals surface area contributed by atoms with Crippen molar-refractivity contribution in [2.24, 2.45) is 0 Å². The van der Waals surface area contributed by atoms with Gasteiger partial charge in [-0.15, -0.1) is 0 Å². The fourth-order valence-corrected chi connectivity index (χ4v) is 3.05. The third-order valence-electron chi connectivity index (χ3n) is 4.39. The minimum atomic E-state index is -0.0641. The Morgan fingerprint density at radius 1 is 0.643 bits per heavy atom. The number of benzene rings is 3. The van der Waals surface area contributed by atoms with Gasteiger partial charge < -0.3 is 4.90 Å². The smallest absolute Gasteiger partial charge is 0.194 e. The Hall–Kier alpha value is -3.37. The molecule has 3 aromatic carbocycles. The van der Waals surface area contributed by atoms with Crippen molar-refractivity contribution in [2.45, 2.75) is 0 Å². The Labute approximate surface area is 164 Å². The molecule has 0 amide bonds. The molecule has 4 heteroatoms. The quantitative estimate of drug-likeness (QED) is 0.513. The van der Waals surface area contributed by atoms with Crippen LogP contribution < -0.4 is 0 Å². The van der Waals surface area contributed by atoms with E-state index >= 15 is 0 Å². The van der Waals surface area contributed by atoms with Crippen molar-refractivity contribution in [1.82, 2.24) is 4.90 Å². The maximum Gasteiger partial charge on any atom is 0.194 e. The van der Waals surface area contributed by atoms with Crippen molar-refractivity contribution in [3.8, 4) is 0 Å². The van der Waals surface area contributed by atoms with E-state index in [1.807, 2.05) is 49.3 Å². The Morgan fingerprint density at radius 2 is 1.00 bits per heavy atom. The summed E-state index contributed by atoms with van der Waals surface area (Å²) in [7, 11) is 3.78. The second-order valence-electron chi connectivity index (χ2n) is 6.78. The molecule has 0 heterocycles. The molecule has 0 atom stereocenters. The average Bonchev–Trinajstić information content (AvgIpc) is 2.73. The largest absolute Gasteiger partial charge is 0.302 e. The van der Waals surface area contributed by atoms with Gasteiger partial charge in [0.05, 0.1) is 6.54 Å². The fourth-order valence-electron chi connectivity index (χ4n) is 3.05. The Balaban J connectivity index is 0.000000169. The van der Waals surface area contributed by atoms with Crippen molar-refractivity contribution < 1.29 is 14.4 Å². The molecule has 0 bridgehead atoms. The zero-order valence-corrected chi connectivity index (χ0v) is 15.9. The topological polar surface area (TPSA) is 54.5 Å². The molecule has 0 saturated carbocycles. The van der Waals surface area contributed by atoms with Gasteiger partial charge in [0, 0.05) is 27.8 Å². The van der Waals surface area contributed by atoms with Gasteiger partial charge in [0.25, 0.3) is 0 Å². The van der Waals surface area contributed by atoms with Crippen LogP contribution in [0.25, 0.3) is 0 Å². The van der Waals surface area contributed by atoms with E-state index in [1.165, 1.54) is 0 Å². The second-order valence-corrected chi connectivity index (χ2v) is 6.78. The van der Waals surface area contributed by atoms with Gasteiger partial charge >= 0.3 is 0 Å². The minimum Gasteiger partial charge on any atom is -0.302 e. The average molecular weight is 371 g/mol. The van der Waals surface area contributed by atoms with Gasteiger partial charge in [-0.3, -0.25) is 14.4 Å².